The monoisotopic (exact) mass is 236 g/mol. The second-order valence-corrected chi connectivity index (χ2v) is 3.84. The van der Waals surface area contributed by atoms with Gasteiger partial charge in [0.25, 0.3) is 0 Å². The van der Waals surface area contributed by atoms with Gasteiger partial charge in [-0.05, 0) is 24.1 Å². The van der Waals surface area contributed by atoms with Crippen molar-refractivity contribution in [3.05, 3.63) is 29.8 Å². The van der Waals surface area contributed by atoms with Gasteiger partial charge in [0.05, 0.1) is 13.2 Å². The van der Waals surface area contributed by atoms with Crippen molar-refractivity contribution >= 4 is 11.6 Å². The first-order valence-electron chi connectivity index (χ1n) is 5.84. The smallest absolute Gasteiger partial charge is 0.239 e. The summed E-state index contributed by atoms with van der Waals surface area (Å²) in [5.41, 5.74) is 2.03. The van der Waals surface area contributed by atoms with Crippen molar-refractivity contribution in [3.63, 3.8) is 0 Å². The average molecular weight is 236 g/mol. The van der Waals surface area contributed by atoms with Gasteiger partial charge in [0.1, 0.15) is 0 Å². The largest absolute Gasteiger partial charge is 0.380 e. The summed E-state index contributed by atoms with van der Waals surface area (Å²) in [4.78, 5) is 11.4. The Balaban J connectivity index is 2.40. The summed E-state index contributed by atoms with van der Waals surface area (Å²) in [5, 5.41) is 5.90. The Bertz CT molecular complexity index is 353. The first-order chi connectivity index (χ1) is 8.26. The van der Waals surface area contributed by atoms with Gasteiger partial charge in [-0.3, -0.25) is 4.79 Å². The van der Waals surface area contributed by atoms with Crippen LogP contribution < -0.4 is 10.6 Å². The topological polar surface area (TPSA) is 50.4 Å². The molecule has 0 atom stereocenters. The van der Waals surface area contributed by atoms with Gasteiger partial charge in [-0.2, -0.15) is 0 Å². The standard InChI is InChI=1S/C13H20N2O2/c1-3-7-14-13(16)9-15-12-6-4-5-11(8-12)10-17-2/h4-6,8,15H,3,7,9-10H2,1-2H3,(H,14,16). The third-order valence-electron chi connectivity index (χ3n) is 2.26. The number of hydrogen-bond donors (Lipinski definition) is 2. The molecule has 0 aromatic heterocycles. The van der Waals surface area contributed by atoms with E-state index in [0.717, 1.165) is 24.2 Å². The Hall–Kier alpha value is -1.55. The summed E-state index contributed by atoms with van der Waals surface area (Å²) in [7, 11) is 1.66. The van der Waals surface area contributed by atoms with Crippen molar-refractivity contribution in [2.75, 3.05) is 25.5 Å². The van der Waals surface area contributed by atoms with Gasteiger partial charge < -0.3 is 15.4 Å². The average Bonchev–Trinajstić information content (AvgIpc) is 2.35. The molecule has 1 aromatic carbocycles. The van der Waals surface area contributed by atoms with E-state index in [1.807, 2.05) is 31.2 Å². The SMILES string of the molecule is CCCNC(=O)CNc1cccc(COC)c1. The van der Waals surface area contributed by atoms with E-state index in [9.17, 15) is 4.79 Å². The molecule has 0 aliphatic rings. The quantitative estimate of drug-likeness (QED) is 0.758. The molecule has 4 heteroatoms. The number of ether oxygens (including phenoxy) is 1. The molecule has 4 nitrogen and oxygen atoms in total. The third-order valence-corrected chi connectivity index (χ3v) is 2.26. The van der Waals surface area contributed by atoms with Crippen molar-refractivity contribution < 1.29 is 9.53 Å². The second-order valence-electron chi connectivity index (χ2n) is 3.84. The molecule has 0 fully saturated rings. The predicted molar refractivity (Wildman–Crippen MR) is 68.9 cm³/mol. The number of amides is 1. The Morgan fingerprint density at radius 3 is 2.94 bits per heavy atom. The summed E-state index contributed by atoms with van der Waals surface area (Å²) in [5.74, 6) is 0.0176. The number of anilines is 1. The van der Waals surface area contributed by atoms with Crippen LogP contribution in [0.1, 0.15) is 18.9 Å². The Morgan fingerprint density at radius 1 is 1.41 bits per heavy atom. The fourth-order valence-electron chi connectivity index (χ4n) is 1.45. The van der Waals surface area contributed by atoms with E-state index < -0.39 is 0 Å². The molecule has 2 N–H and O–H groups in total. The zero-order valence-electron chi connectivity index (χ0n) is 10.5. The van der Waals surface area contributed by atoms with E-state index in [-0.39, 0.29) is 5.91 Å². The molecule has 0 aliphatic heterocycles. The highest BCUT2D eigenvalue weighted by molar-refractivity contribution is 5.80. The molecule has 17 heavy (non-hydrogen) atoms. The number of carbonyl (C=O) groups excluding carboxylic acids is 1. The number of rotatable bonds is 7. The normalized spacial score (nSPS) is 10.0. The lowest BCUT2D eigenvalue weighted by molar-refractivity contribution is -0.119. The van der Waals surface area contributed by atoms with Crippen molar-refractivity contribution in [1.82, 2.24) is 5.32 Å². The van der Waals surface area contributed by atoms with E-state index >= 15 is 0 Å². The lowest BCUT2D eigenvalue weighted by Gasteiger charge is -2.08. The van der Waals surface area contributed by atoms with Gasteiger partial charge in [0.2, 0.25) is 5.91 Å². The molecule has 0 bridgehead atoms. The van der Waals surface area contributed by atoms with Gasteiger partial charge in [0, 0.05) is 19.3 Å². The molecular formula is C13H20N2O2. The van der Waals surface area contributed by atoms with E-state index in [1.165, 1.54) is 0 Å². The maximum atomic E-state index is 11.4. The maximum Gasteiger partial charge on any atom is 0.239 e. The fraction of sp³-hybridized carbons (Fsp3) is 0.462. The Kier molecular flexibility index (Phi) is 6.10. The minimum Gasteiger partial charge on any atom is -0.380 e. The number of nitrogens with one attached hydrogen (secondary N) is 2. The van der Waals surface area contributed by atoms with Gasteiger partial charge >= 0.3 is 0 Å². The lowest BCUT2D eigenvalue weighted by Crippen LogP contribution is -2.30. The molecule has 1 rings (SSSR count). The van der Waals surface area contributed by atoms with Gasteiger partial charge in [-0.1, -0.05) is 19.1 Å². The summed E-state index contributed by atoms with van der Waals surface area (Å²) in [6.07, 6.45) is 0.953. The molecule has 0 saturated carbocycles. The zero-order chi connectivity index (χ0) is 12.5. The van der Waals surface area contributed by atoms with Crippen LogP contribution in [0.15, 0.2) is 24.3 Å². The molecule has 0 saturated heterocycles. The van der Waals surface area contributed by atoms with Crippen molar-refractivity contribution in [3.8, 4) is 0 Å². The molecule has 1 amide bonds. The van der Waals surface area contributed by atoms with Crippen LogP contribution in [-0.4, -0.2) is 26.1 Å². The van der Waals surface area contributed by atoms with Gasteiger partial charge in [-0.15, -0.1) is 0 Å². The molecule has 0 unspecified atom stereocenters. The van der Waals surface area contributed by atoms with Crippen LogP contribution >= 0.6 is 0 Å². The minimum absolute atomic E-state index is 0.0176. The predicted octanol–water partition coefficient (Wildman–Crippen LogP) is 1.77. The van der Waals surface area contributed by atoms with Crippen molar-refractivity contribution in [2.45, 2.75) is 20.0 Å². The van der Waals surface area contributed by atoms with E-state index in [1.54, 1.807) is 7.11 Å². The number of benzene rings is 1. The highest BCUT2D eigenvalue weighted by atomic mass is 16.5. The highest BCUT2D eigenvalue weighted by Gasteiger charge is 2.00. The fourth-order valence-corrected chi connectivity index (χ4v) is 1.45. The molecule has 1 aromatic rings. The number of methoxy groups -OCH3 is 1. The highest BCUT2D eigenvalue weighted by Crippen LogP contribution is 2.10. The van der Waals surface area contributed by atoms with Crippen LogP contribution in [0.25, 0.3) is 0 Å². The maximum absolute atomic E-state index is 11.4. The Labute approximate surface area is 102 Å². The summed E-state index contributed by atoms with van der Waals surface area (Å²) >= 11 is 0. The zero-order valence-corrected chi connectivity index (χ0v) is 10.5. The van der Waals surface area contributed by atoms with Gasteiger partial charge in [-0.25, -0.2) is 0 Å². The van der Waals surface area contributed by atoms with Crippen LogP contribution in [0.5, 0.6) is 0 Å². The van der Waals surface area contributed by atoms with Crippen LogP contribution in [0.3, 0.4) is 0 Å². The molecule has 0 aliphatic carbocycles. The van der Waals surface area contributed by atoms with Crippen LogP contribution in [-0.2, 0) is 16.1 Å². The number of hydrogen-bond acceptors (Lipinski definition) is 3. The molecular weight excluding hydrogens is 216 g/mol. The van der Waals surface area contributed by atoms with Gasteiger partial charge in [0.15, 0.2) is 0 Å². The van der Waals surface area contributed by atoms with Crippen LogP contribution in [0.4, 0.5) is 5.69 Å². The second kappa shape index (κ2) is 7.68. The molecule has 0 radical (unpaired) electrons. The van der Waals surface area contributed by atoms with Crippen LogP contribution in [0.2, 0.25) is 0 Å². The lowest BCUT2D eigenvalue weighted by atomic mass is 10.2. The van der Waals surface area contributed by atoms with E-state index in [4.69, 9.17) is 4.74 Å². The first-order valence-corrected chi connectivity index (χ1v) is 5.84. The molecule has 0 heterocycles. The first kappa shape index (κ1) is 13.5. The third kappa shape index (κ3) is 5.36. The minimum atomic E-state index is 0.0176. The number of carbonyl (C=O) groups is 1. The summed E-state index contributed by atoms with van der Waals surface area (Å²) < 4.78 is 5.05. The van der Waals surface area contributed by atoms with Crippen molar-refractivity contribution in [2.24, 2.45) is 0 Å². The van der Waals surface area contributed by atoms with Crippen LogP contribution in [0, 0.1) is 0 Å². The summed E-state index contributed by atoms with van der Waals surface area (Å²) in [6.45, 7) is 3.64. The molecule has 94 valence electrons. The van der Waals surface area contributed by atoms with Crippen molar-refractivity contribution in [1.29, 1.82) is 0 Å². The summed E-state index contributed by atoms with van der Waals surface area (Å²) in [6, 6.07) is 7.86. The van der Waals surface area contributed by atoms with E-state index in [0.29, 0.717) is 13.2 Å². The Morgan fingerprint density at radius 2 is 2.24 bits per heavy atom. The van der Waals surface area contributed by atoms with E-state index in [2.05, 4.69) is 10.6 Å². The molecule has 0 spiro atoms.